The number of halogens is 2. The third-order valence-electron chi connectivity index (χ3n) is 2.44. The number of unbranched alkanes of at least 4 members (excludes halogenated alkanes) is 1. The second-order valence-electron chi connectivity index (χ2n) is 6.03. The molecule has 1 amide bonds. The number of aryl methyl sites for hydroxylation is 1. The number of aromatic nitrogens is 1. The van der Waals surface area contributed by atoms with Crippen LogP contribution in [0.15, 0.2) is 10.7 Å². The van der Waals surface area contributed by atoms with E-state index in [2.05, 4.69) is 10.3 Å². The van der Waals surface area contributed by atoms with Gasteiger partial charge in [0.15, 0.2) is 11.7 Å². The molecule has 1 rings (SSSR count). The molecule has 0 aliphatic rings. The van der Waals surface area contributed by atoms with Crippen molar-refractivity contribution in [2.45, 2.75) is 64.9 Å². The maximum absolute atomic E-state index is 12.6. The Hall–Kier alpha value is -1.66. The van der Waals surface area contributed by atoms with Crippen LogP contribution in [0, 0.1) is 0 Å². The lowest BCUT2D eigenvalue weighted by atomic mass is 10.1. The molecule has 21 heavy (non-hydrogen) atoms. The van der Waals surface area contributed by atoms with E-state index < -0.39 is 17.6 Å². The van der Waals surface area contributed by atoms with Crippen molar-refractivity contribution in [3.05, 3.63) is 12.2 Å². The van der Waals surface area contributed by atoms with E-state index in [4.69, 9.17) is 9.15 Å². The van der Waals surface area contributed by atoms with Gasteiger partial charge in [-0.3, -0.25) is 5.32 Å². The van der Waals surface area contributed by atoms with Crippen molar-refractivity contribution in [3.8, 4) is 0 Å². The van der Waals surface area contributed by atoms with Gasteiger partial charge in [-0.1, -0.05) is 0 Å². The molecule has 1 aromatic rings. The summed E-state index contributed by atoms with van der Waals surface area (Å²) in [7, 11) is 0. The van der Waals surface area contributed by atoms with Gasteiger partial charge >= 0.3 is 6.09 Å². The smallest absolute Gasteiger partial charge is 0.413 e. The van der Waals surface area contributed by atoms with Crippen LogP contribution in [0.1, 0.15) is 52.8 Å². The molecule has 1 heterocycles. The fraction of sp³-hybridized carbons (Fsp3) is 0.714. The van der Waals surface area contributed by atoms with Gasteiger partial charge in [0.05, 0.1) is 0 Å². The van der Waals surface area contributed by atoms with Crippen molar-refractivity contribution in [3.63, 3.8) is 0 Å². The summed E-state index contributed by atoms with van der Waals surface area (Å²) in [5, 5.41) is 2.45. The Kier molecular flexibility index (Phi) is 5.69. The minimum Gasteiger partial charge on any atom is -0.447 e. The number of hydrogen-bond acceptors (Lipinski definition) is 4. The normalized spacial score (nSPS) is 12.3. The van der Waals surface area contributed by atoms with E-state index in [9.17, 15) is 13.6 Å². The molecule has 0 atom stereocenters. The first-order chi connectivity index (χ1) is 9.55. The van der Waals surface area contributed by atoms with Gasteiger partial charge in [-0.15, -0.1) is 0 Å². The lowest BCUT2D eigenvalue weighted by Crippen LogP contribution is -2.27. The molecular formula is C14H22F2N2O3. The van der Waals surface area contributed by atoms with Gasteiger partial charge < -0.3 is 9.15 Å². The zero-order valence-electron chi connectivity index (χ0n) is 12.8. The molecule has 0 aromatic carbocycles. The molecule has 1 N–H and O–H groups in total. The molecule has 0 radical (unpaired) electrons. The number of hydrogen-bond donors (Lipinski definition) is 1. The minimum atomic E-state index is -2.64. The molecule has 0 saturated carbocycles. The number of carbonyl (C=O) groups is 1. The first-order valence-corrected chi connectivity index (χ1v) is 6.87. The summed E-state index contributed by atoms with van der Waals surface area (Å²) >= 11 is 0. The summed E-state index contributed by atoms with van der Waals surface area (Å²) in [6, 6.07) is 0. The lowest BCUT2D eigenvalue weighted by Gasteiger charge is -2.18. The largest absolute Gasteiger partial charge is 0.447 e. The zero-order chi connectivity index (χ0) is 16.1. The highest BCUT2D eigenvalue weighted by atomic mass is 19.3. The Bertz CT molecular complexity index is 462. The van der Waals surface area contributed by atoms with E-state index in [0.29, 0.717) is 25.2 Å². The van der Waals surface area contributed by atoms with Crippen molar-refractivity contribution >= 4 is 11.9 Å². The van der Waals surface area contributed by atoms with Crippen LogP contribution in [0.3, 0.4) is 0 Å². The summed E-state index contributed by atoms with van der Waals surface area (Å²) in [5.74, 6) is -1.99. The van der Waals surface area contributed by atoms with Crippen LogP contribution in [-0.2, 0) is 11.2 Å². The molecule has 120 valence electrons. The van der Waals surface area contributed by atoms with E-state index in [1.165, 1.54) is 6.26 Å². The topological polar surface area (TPSA) is 64.4 Å². The molecule has 5 nitrogen and oxygen atoms in total. The molecule has 7 heteroatoms. The van der Waals surface area contributed by atoms with Crippen LogP contribution in [-0.4, -0.2) is 22.6 Å². The number of nitrogens with zero attached hydrogens (tertiary/aromatic N) is 1. The van der Waals surface area contributed by atoms with Crippen LogP contribution < -0.4 is 5.32 Å². The predicted molar refractivity (Wildman–Crippen MR) is 74.5 cm³/mol. The Labute approximate surface area is 123 Å². The Morgan fingerprint density at radius 1 is 1.33 bits per heavy atom. The summed E-state index contributed by atoms with van der Waals surface area (Å²) in [5.41, 5.74) is -0.595. The highest BCUT2D eigenvalue weighted by Gasteiger charge is 2.20. The SMILES string of the molecule is CC(F)(F)CCCCc1nc(NC(=O)OC(C)(C)C)co1. The summed E-state index contributed by atoms with van der Waals surface area (Å²) in [6.45, 7) is 6.17. The van der Waals surface area contributed by atoms with E-state index in [1.807, 2.05) is 0 Å². The minimum absolute atomic E-state index is 0.156. The predicted octanol–water partition coefficient (Wildman–Crippen LogP) is 4.39. The van der Waals surface area contributed by atoms with Gasteiger partial charge in [0.25, 0.3) is 0 Å². The molecule has 0 spiro atoms. The zero-order valence-corrected chi connectivity index (χ0v) is 12.8. The molecular weight excluding hydrogens is 282 g/mol. The number of nitrogens with one attached hydrogen (secondary N) is 1. The van der Waals surface area contributed by atoms with Crippen molar-refractivity contribution in [2.75, 3.05) is 5.32 Å². The maximum Gasteiger partial charge on any atom is 0.413 e. The number of anilines is 1. The van der Waals surface area contributed by atoms with Gasteiger partial charge in [0.2, 0.25) is 5.92 Å². The average molecular weight is 304 g/mol. The van der Waals surface area contributed by atoms with Gasteiger partial charge in [-0.2, -0.15) is 4.98 Å². The van der Waals surface area contributed by atoms with Gasteiger partial charge in [-0.05, 0) is 40.5 Å². The van der Waals surface area contributed by atoms with Crippen LogP contribution in [0.2, 0.25) is 0 Å². The fourth-order valence-corrected chi connectivity index (χ4v) is 1.60. The van der Waals surface area contributed by atoms with Gasteiger partial charge in [-0.25, -0.2) is 13.6 Å². The van der Waals surface area contributed by atoms with Gasteiger partial charge in [0, 0.05) is 12.8 Å². The summed E-state index contributed by atoms with van der Waals surface area (Å²) < 4.78 is 35.5. The highest BCUT2D eigenvalue weighted by Crippen LogP contribution is 2.20. The summed E-state index contributed by atoms with van der Waals surface area (Å²) in [6.07, 6.45) is 1.92. The second-order valence-corrected chi connectivity index (χ2v) is 6.03. The standard InChI is InChI=1S/C14H22F2N2O3/c1-13(2,3)21-12(19)18-10-9-20-11(17-10)7-5-6-8-14(4,15)16/h9H,5-8H2,1-4H3,(H,18,19). The van der Waals surface area contributed by atoms with Crippen molar-refractivity contribution in [1.29, 1.82) is 0 Å². The Morgan fingerprint density at radius 3 is 2.57 bits per heavy atom. The molecule has 0 unspecified atom stereocenters. The fourth-order valence-electron chi connectivity index (χ4n) is 1.60. The number of oxazole rings is 1. The first kappa shape index (κ1) is 17.4. The number of rotatable bonds is 6. The van der Waals surface area contributed by atoms with E-state index in [-0.39, 0.29) is 12.2 Å². The monoisotopic (exact) mass is 304 g/mol. The number of amides is 1. The Morgan fingerprint density at radius 2 is 2.00 bits per heavy atom. The maximum atomic E-state index is 12.6. The third kappa shape index (κ3) is 8.27. The van der Waals surface area contributed by atoms with E-state index in [1.54, 1.807) is 20.8 Å². The lowest BCUT2D eigenvalue weighted by molar-refractivity contribution is 0.0104. The third-order valence-corrected chi connectivity index (χ3v) is 2.44. The highest BCUT2D eigenvalue weighted by molar-refractivity contribution is 5.83. The van der Waals surface area contributed by atoms with Crippen molar-refractivity contribution in [2.24, 2.45) is 0 Å². The average Bonchev–Trinajstić information content (AvgIpc) is 2.68. The molecule has 1 aromatic heterocycles. The van der Waals surface area contributed by atoms with Crippen LogP contribution >= 0.6 is 0 Å². The van der Waals surface area contributed by atoms with Crippen molar-refractivity contribution < 1.29 is 22.7 Å². The van der Waals surface area contributed by atoms with E-state index >= 15 is 0 Å². The quantitative estimate of drug-likeness (QED) is 0.792. The first-order valence-electron chi connectivity index (χ1n) is 6.87. The van der Waals surface area contributed by atoms with Gasteiger partial charge in [0.1, 0.15) is 11.9 Å². The molecule has 0 aliphatic heterocycles. The second kappa shape index (κ2) is 6.87. The van der Waals surface area contributed by atoms with Crippen LogP contribution in [0.4, 0.5) is 19.4 Å². The molecule has 0 bridgehead atoms. The molecule has 0 aliphatic carbocycles. The number of ether oxygens (including phenoxy) is 1. The van der Waals surface area contributed by atoms with Crippen LogP contribution in [0.25, 0.3) is 0 Å². The Balaban J connectivity index is 2.35. The van der Waals surface area contributed by atoms with E-state index in [0.717, 1.165) is 6.92 Å². The summed E-state index contributed by atoms with van der Waals surface area (Å²) in [4.78, 5) is 15.6. The van der Waals surface area contributed by atoms with Crippen molar-refractivity contribution in [1.82, 2.24) is 4.98 Å². The number of alkyl halides is 2. The molecule has 0 fully saturated rings. The molecule has 0 saturated heterocycles. The van der Waals surface area contributed by atoms with Crippen LogP contribution in [0.5, 0.6) is 0 Å². The number of carbonyl (C=O) groups excluding carboxylic acids is 1.